The average molecular weight is 420 g/mol. The van der Waals surface area contributed by atoms with Gasteiger partial charge in [-0.25, -0.2) is 0 Å². The predicted octanol–water partition coefficient (Wildman–Crippen LogP) is 2.73. The Morgan fingerprint density at radius 3 is 2.45 bits per heavy atom. The minimum atomic E-state index is -0.429. The molecule has 31 heavy (non-hydrogen) atoms. The lowest BCUT2D eigenvalue weighted by Gasteiger charge is -2.21. The molecule has 8 nitrogen and oxygen atoms in total. The molecule has 0 atom stereocenters. The van der Waals surface area contributed by atoms with Crippen molar-refractivity contribution < 1.29 is 14.3 Å². The van der Waals surface area contributed by atoms with Crippen LogP contribution in [0.4, 0.5) is 5.69 Å². The summed E-state index contributed by atoms with van der Waals surface area (Å²) in [5.74, 6) is -0.259. The van der Waals surface area contributed by atoms with Crippen molar-refractivity contribution >= 4 is 17.5 Å². The van der Waals surface area contributed by atoms with E-state index in [4.69, 9.17) is 4.74 Å². The molecule has 0 aliphatic rings. The van der Waals surface area contributed by atoms with Gasteiger partial charge in [-0.3, -0.25) is 14.4 Å². The second kappa shape index (κ2) is 10.2. The van der Waals surface area contributed by atoms with Crippen LogP contribution >= 0.6 is 0 Å². The Labute approximate surface area is 180 Å². The highest BCUT2D eigenvalue weighted by Crippen LogP contribution is 2.22. The van der Waals surface area contributed by atoms with E-state index in [0.717, 1.165) is 0 Å². The Bertz CT molecular complexity index is 1110. The van der Waals surface area contributed by atoms with Gasteiger partial charge < -0.3 is 15.0 Å². The molecule has 0 saturated carbocycles. The lowest BCUT2D eigenvalue weighted by molar-refractivity contribution is -0.116. The zero-order chi connectivity index (χ0) is 22.2. The summed E-state index contributed by atoms with van der Waals surface area (Å²) in [6, 6.07) is 18.6. The fraction of sp³-hybridized carbons (Fsp3) is 0.217. The van der Waals surface area contributed by atoms with Crippen LogP contribution in [-0.4, -0.2) is 46.7 Å². The summed E-state index contributed by atoms with van der Waals surface area (Å²) in [5, 5.41) is 7.00. The zero-order valence-electron chi connectivity index (χ0n) is 17.4. The normalized spacial score (nSPS) is 10.4. The minimum Gasteiger partial charge on any atom is -0.495 e. The van der Waals surface area contributed by atoms with Crippen molar-refractivity contribution in [3.63, 3.8) is 0 Å². The molecule has 1 aromatic heterocycles. The fourth-order valence-electron chi connectivity index (χ4n) is 3.07. The molecule has 2 aromatic carbocycles. The zero-order valence-corrected chi connectivity index (χ0v) is 17.4. The highest BCUT2D eigenvalue weighted by Gasteiger charge is 2.21. The summed E-state index contributed by atoms with van der Waals surface area (Å²) in [6.07, 6.45) is 0.659. The predicted molar refractivity (Wildman–Crippen MR) is 118 cm³/mol. The maximum atomic E-state index is 13.1. The standard InChI is InChI=1S/C23H24N4O4/c1-3-15-26(16-21(28)24-18-11-7-8-12-20(18)31-2)23(30)19-13-14-22(29)27(25-19)17-9-5-4-6-10-17/h4-14H,3,15-16H2,1-2H3,(H,24,28). The largest absolute Gasteiger partial charge is 0.495 e. The highest BCUT2D eigenvalue weighted by atomic mass is 16.5. The topological polar surface area (TPSA) is 93.5 Å². The molecular formula is C23H24N4O4. The lowest BCUT2D eigenvalue weighted by Crippen LogP contribution is -2.39. The number of anilines is 1. The Balaban J connectivity index is 1.80. The second-order valence-electron chi connectivity index (χ2n) is 6.78. The van der Waals surface area contributed by atoms with Gasteiger partial charge in [-0.2, -0.15) is 9.78 Å². The average Bonchev–Trinajstić information content (AvgIpc) is 2.79. The number of nitrogens with zero attached hydrogens (tertiary/aromatic N) is 3. The summed E-state index contributed by atoms with van der Waals surface area (Å²) < 4.78 is 6.42. The fourth-order valence-corrected chi connectivity index (χ4v) is 3.07. The Morgan fingerprint density at radius 2 is 1.74 bits per heavy atom. The minimum absolute atomic E-state index is 0.0852. The SMILES string of the molecule is CCCN(CC(=O)Nc1ccccc1OC)C(=O)c1ccc(=O)n(-c2ccccc2)n1. The molecule has 3 aromatic rings. The van der Waals surface area contributed by atoms with Crippen molar-refractivity contribution in [1.82, 2.24) is 14.7 Å². The summed E-state index contributed by atoms with van der Waals surface area (Å²) in [4.78, 5) is 39.3. The van der Waals surface area contributed by atoms with E-state index < -0.39 is 5.91 Å². The summed E-state index contributed by atoms with van der Waals surface area (Å²) in [5.41, 5.74) is 0.813. The van der Waals surface area contributed by atoms with Crippen LogP contribution in [0, 0.1) is 0 Å². The number of hydrogen-bond donors (Lipinski definition) is 1. The number of carbonyl (C=O) groups is 2. The van der Waals surface area contributed by atoms with Crippen molar-refractivity contribution in [2.45, 2.75) is 13.3 Å². The molecule has 0 saturated heterocycles. The molecule has 0 aliphatic carbocycles. The first-order chi connectivity index (χ1) is 15.0. The molecule has 1 N–H and O–H groups in total. The van der Waals surface area contributed by atoms with E-state index in [2.05, 4.69) is 10.4 Å². The van der Waals surface area contributed by atoms with Crippen molar-refractivity contribution in [2.75, 3.05) is 25.5 Å². The maximum absolute atomic E-state index is 13.1. The van der Waals surface area contributed by atoms with Gasteiger partial charge >= 0.3 is 0 Å². The molecule has 0 aliphatic heterocycles. The van der Waals surface area contributed by atoms with Gasteiger partial charge in [0.1, 0.15) is 18.0 Å². The third-order valence-corrected chi connectivity index (χ3v) is 4.52. The summed E-state index contributed by atoms with van der Waals surface area (Å²) >= 11 is 0. The number of hydrogen-bond acceptors (Lipinski definition) is 5. The van der Waals surface area contributed by atoms with E-state index in [9.17, 15) is 14.4 Å². The van der Waals surface area contributed by atoms with Crippen LogP contribution in [0.25, 0.3) is 5.69 Å². The second-order valence-corrected chi connectivity index (χ2v) is 6.78. The molecule has 0 spiro atoms. The van der Waals surface area contributed by atoms with Crippen LogP contribution in [0.5, 0.6) is 5.75 Å². The quantitative estimate of drug-likeness (QED) is 0.605. The van der Waals surface area contributed by atoms with Gasteiger partial charge in [0.05, 0.1) is 18.5 Å². The van der Waals surface area contributed by atoms with Crippen LogP contribution in [0.15, 0.2) is 71.5 Å². The molecular weight excluding hydrogens is 396 g/mol. The van der Waals surface area contributed by atoms with E-state index >= 15 is 0 Å². The number of para-hydroxylation sites is 3. The van der Waals surface area contributed by atoms with Gasteiger partial charge in [0, 0.05) is 12.6 Å². The summed E-state index contributed by atoms with van der Waals surface area (Å²) in [6.45, 7) is 2.12. The number of rotatable bonds is 8. The first-order valence-corrected chi connectivity index (χ1v) is 9.91. The molecule has 1 heterocycles. The Hall–Kier alpha value is -3.94. The van der Waals surface area contributed by atoms with Crippen LogP contribution in [0.2, 0.25) is 0 Å². The van der Waals surface area contributed by atoms with Crippen molar-refractivity contribution in [3.05, 3.63) is 82.8 Å². The van der Waals surface area contributed by atoms with Crippen molar-refractivity contribution in [2.24, 2.45) is 0 Å². The van der Waals surface area contributed by atoms with Crippen molar-refractivity contribution in [3.8, 4) is 11.4 Å². The molecule has 0 fully saturated rings. The molecule has 0 bridgehead atoms. The van der Waals surface area contributed by atoms with Gasteiger partial charge in [-0.05, 0) is 36.8 Å². The molecule has 3 rings (SSSR count). The number of nitrogens with one attached hydrogen (secondary N) is 1. The summed E-state index contributed by atoms with van der Waals surface area (Å²) in [7, 11) is 1.52. The maximum Gasteiger partial charge on any atom is 0.274 e. The Kier molecular flexibility index (Phi) is 7.16. The van der Waals surface area contributed by atoms with Gasteiger partial charge in [-0.1, -0.05) is 37.3 Å². The van der Waals surface area contributed by atoms with E-state index in [1.165, 1.54) is 28.8 Å². The monoisotopic (exact) mass is 420 g/mol. The molecule has 160 valence electrons. The number of ether oxygens (including phenoxy) is 1. The van der Waals surface area contributed by atoms with Crippen LogP contribution in [0.3, 0.4) is 0 Å². The van der Waals surface area contributed by atoms with E-state index in [0.29, 0.717) is 30.1 Å². The number of methoxy groups -OCH3 is 1. The first-order valence-electron chi connectivity index (χ1n) is 9.91. The van der Waals surface area contributed by atoms with E-state index in [1.807, 2.05) is 13.0 Å². The molecule has 8 heteroatoms. The van der Waals surface area contributed by atoms with Gasteiger partial charge in [-0.15, -0.1) is 0 Å². The number of carbonyl (C=O) groups excluding carboxylic acids is 2. The van der Waals surface area contributed by atoms with E-state index in [-0.39, 0.29) is 23.7 Å². The number of amides is 2. The number of benzene rings is 2. The molecule has 0 unspecified atom stereocenters. The molecule has 0 radical (unpaired) electrons. The van der Waals surface area contributed by atoms with Crippen LogP contribution < -0.4 is 15.6 Å². The number of aromatic nitrogens is 2. The van der Waals surface area contributed by atoms with Gasteiger partial charge in [0.2, 0.25) is 5.91 Å². The third kappa shape index (κ3) is 5.36. The van der Waals surface area contributed by atoms with Crippen molar-refractivity contribution in [1.29, 1.82) is 0 Å². The van der Waals surface area contributed by atoms with Gasteiger partial charge in [0.25, 0.3) is 11.5 Å². The lowest BCUT2D eigenvalue weighted by atomic mass is 10.2. The van der Waals surface area contributed by atoms with E-state index in [1.54, 1.807) is 48.5 Å². The van der Waals surface area contributed by atoms with Crippen LogP contribution in [-0.2, 0) is 4.79 Å². The van der Waals surface area contributed by atoms with Gasteiger partial charge in [0.15, 0.2) is 0 Å². The highest BCUT2D eigenvalue weighted by molar-refractivity contribution is 5.99. The first kappa shape index (κ1) is 21.8. The Morgan fingerprint density at radius 1 is 1.03 bits per heavy atom. The smallest absolute Gasteiger partial charge is 0.274 e. The third-order valence-electron chi connectivity index (χ3n) is 4.52. The molecule has 2 amide bonds. The van der Waals surface area contributed by atoms with Crippen LogP contribution in [0.1, 0.15) is 23.8 Å².